The molecule has 0 spiro atoms. The van der Waals surface area contributed by atoms with Crippen LogP contribution in [0.1, 0.15) is 46.5 Å². The second kappa shape index (κ2) is 9.28. The SMILES string of the molecule is CC(C)(C)OC(=O)N1CCN(C2CCC(Nc3ncnc4ccc(Br)cc34)CC2)CC1. The van der Waals surface area contributed by atoms with Gasteiger partial charge in [-0.2, -0.15) is 0 Å². The van der Waals surface area contributed by atoms with E-state index in [0.717, 1.165) is 73.1 Å². The van der Waals surface area contributed by atoms with Crippen molar-refractivity contribution in [2.45, 2.75) is 64.1 Å². The highest BCUT2D eigenvalue weighted by atomic mass is 79.9. The van der Waals surface area contributed by atoms with Crippen LogP contribution in [0.25, 0.3) is 10.9 Å². The van der Waals surface area contributed by atoms with Gasteiger partial charge in [-0.1, -0.05) is 15.9 Å². The third kappa shape index (κ3) is 5.66. The van der Waals surface area contributed by atoms with Gasteiger partial charge in [-0.05, 0) is 64.7 Å². The second-order valence-electron chi connectivity index (χ2n) is 9.54. The molecule has 31 heavy (non-hydrogen) atoms. The van der Waals surface area contributed by atoms with Gasteiger partial charge in [0, 0.05) is 48.1 Å². The third-order valence-electron chi connectivity index (χ3n) is 6.12. The van der Waals surface area contributed by atoms with Gasteiger partial charge in [-0.3, -0.25) is 4.90 Å². The Morgan fingerprint density at radius 3 is 2.48 bits per heavy atom. The van der Waals surface area contributed by atoms with E-state index in [4.69, 9.17) is 4.74 Å². The Hall–Kier alpha value is -1.93. The van der Waals surface area contributed by atoms with E-state index in [1.54, 1.807) is 6.33 Å². The summed E-state index contributed by atoms with van der Waals surface area (Å²) in [7, 11) is 0. The predicted octanol–water partition coefficient (Wildman–Crippen LogP) is 4.67. The highest BCUT2D eigenvalue weighted by Crippen LogP contribution is 2.29. The van der Waals surface area contributed by atoms with E-state index in [-0.39, 0.29) is 6.09 Å². The van der Waals surface area contributed by atoms with Gasteiger partial charge in [0.1, 0.15) is 17.7 Å². The number of piperazine rings is 1. The number of rotatable bonds is 3. The highest BCUT2D eigenvalue weighted by molar-refractivity contribution is 9.10. The van der Waals surface area contributed by atoms with E-state index in [1.807, 2.05) is 37.8 Å². The minimum Gasteiger partial charge on any atom is -0.444 e. The van der Waals surface area contributed by atoms with Crippen LogP contribution in [0.4, 0.5) is 10.6 Å². The summed E-state index contributed by atoms with van der Waals surface area (Å²) in [5.41, 5.74) is 0.516. The molecule has 1 N–H and O–H groups in total. The van der Waals surface area contributed by atoms with Gasteiger partial charge < -0.3 is 15.0 Å². The number of benzene rings is 1. The molecule has 4 rings (SSSR count). The molecular formula is C23H32BrN5O2. The van der Waals surface area contributed by atoms with Crippen LogP contribution in [0.2, 0.25) is 0 Å². The van der Waals surface area contributed by atoms with E-state index >= 15 is 0 Å². The first-order valence-corrected chi connectivity index (χ1v) is 12.0. The van der Waals surface area contributed by atoms with Gasteiger partial charge in [0.15, 0.2) is 0 Å². The topological polar surface area (TPSA) is 70.6 Å². The van der Waals surface area contributed by atoms with Gasteiger partial charge in [-0.25, -0.2) is 14.8 Å². The van der Waals surface area contributed by atoms with Crippen LogP contribution in [0.5, 0.6) is 0 Å². The van der Waals surface area contributed by atoms with Crippen molar-refractivity contribution in [1.29, 1.82) is 0 Å². The maximum atomic E-state index is 12.3. The van der Waals surface area contributed by atoms with Crippen molar-refractivity contribution in [2.75, 3.05) is 31.5 Å². The number of amides is 1. The van der Waals surface area contributed by atoms with Crippen LogP contribution in [-0.4, -0.2) is 69.7 Å². The van der Waals surface area contributed by atoms with Crippen molar-refractivity contribution in [3.8, 4) is 0 Å². The second-order valence-corrected chi connectivity index (χ2v) is 10.5. The van der Waals surface area contributed by atoms with E-state index in [0.29, 0.717) is 12.1 Å². The van der Waals surface area contributed by atoms with E-state index in [9.17, 15) is 4.79 Å². The summed E-state index contributed by atoms with van der Waals surface area (Å²) in [6, 6.07) is 7.12. The zero-order valence-corrected chi connectivity index (χ0v) is 20.2. The lowest BCUT2D eigenvalue weighted by Gasteiger charge is -2.42. The number of nitrogens with one attached hydrogen (secondary N) is 1. The summed E-state index contributed by atoms with van der Waals surface area (Å²) in [5.74, 6) is 0.917. The largest absolute Gasteiger partial charge is 0.444 e. The summed E-state index contributed by atoms with van der Waals surface area (Å²) in [6.45, 7) is 9.08. The fraction of sp³-hybridized carbons (Fsp3) is 0.609. The number of carbonyl (C=O) groups excluding carboxylic acids is 1. The Balaban J connectivity index is 1.27. The van der Waals surface area contributed by atoms with Gasteiger partial charge in [-0.15, -0.1) is 0 Å². The van der Waals surface area contributed by atoms with Crippen molar-refractivity contribution in [3.05, 3.63) is 29.0 Å². The van der Waals surface area contributed by atoms with Gasteiger partial charge in [0.05, 0.1) is 5.52 Å². The zero-order valence-electron chi connectivity index (χ0n) is 18.6. The van der Waals surface area contributed by atoms with Crippen molar-refractivity contribution in [2.24, 2.45) is 0 Å². The molecule has 1 saturated carbocycles. The molecule has 1 aromatic carbocycles. The lowest BCUT2D eigenvalue weighted by Crippen LogP contribution is -2.53. The molecule has 0 bridgehead atoms. The van der Waals surface area contributed by atoms with Crippen LogP contribution in [0.15, 0.2) is 29.0 Å². The smallest absolute Gasteiger partial charge is 0.410 e. The molecule has 168 valence electrons. The van der Waals surface area contributed by atoms with Crippen LogP contribution < -0.4 is 5.32 Å². The molecule has 2 fully saturated rings. The molecule has 1 amide bonds. The maximum absolute atomic E-state index is 12.3. The van der Waals surface area contributed by atoms with Crippen molar-refractivity contribution < 1.29 is 9.53 Å². The summed E-state index contributed by atoms with van der Waals surface area (Å²) in [5, 5.41) is 4.71. The number of aromatic nitrogens is 2. The summed E-state index contributed by atoms with van der Waals surface area (Å²) in [4.78, 5) is 25.6. The lowest BCUT2D eigenvalue weighted by molar-refractivity contribution is 0.00806. The fourth-order valence-corrected chi connectivity index (χ4v) is 4.88. The first-order valence-electron chi connectivity index (χ1n) is 11.2. The van der Waals surface area contributed by atoms with Crippen molar-refractivity contribution in [3.63, 3.8) is 0 Å². The highest BCUT2D eigenvalue weighted by Gasteiger charge is 2.31. The normalized spacial score (nSPS) is 23.0. The quantitative estimate of drug-likeness (QED) is 0.675. The Labute approximate surface area is 192 Å². The van der Waals surface area contributed by atoms with E-state index < -0.39 is 5.60 Å². The van der Waals surface area contributed by atoms with Gasteiger partial charge >= 0.3 is 6.09 Å². The number of ether oxygens (including phenoxy) is 1. The third-order valence-corrected chi connectivity index (χ3v) is 6.61. The summed E-state index contributed by atoms with van der Waals surface area (Å²) in [6.07, 6.45) is 6.01. The molecule has 0 atom stereocenters. The molecule has 2 aliphatic rings. The van der Waals surface area contributed by atoms with Crippen LogP contribution >= 0.6 is 15.9 Å². The number of fused-ring (bicyclic) bond motifs is 1. The van der Waals surface area contributed by atoms with Gasteiger partial charge in [0.2, 0.25) is 0 Å². The monoisotopic (exact) mass is 489 g/mol. The summed E-state index contributed by atoms with van der Waals surface area (Å²) < 4.78 is 6.55. The number of hydrogen-bond donors (Lipinski definition) is 1. The minimum atomic E-state index is -0.440. The van der Waals surface area contributed by atoms with Crippen LogP contribution in [0.3, 0.4) is 0 Å². The van der Waals surface area contributed by atoms with Crippen molar-refractivity contribution >= 4 is 38.7 Å². The van der Waals surface area contributed by atoms with E-state index in [2.05, 4.69) is 42.2 Å². The van der Waals surface area contributed by atoms with Gasteiger partial charge in [0.25, 0.3) is 0 Å². The number of carbonyl (C=O) groups is 1. The summed E-state index contributed by atoms with van der Waals surface area (Å²) >= 11 is 3.55. The first kappa shape index (κ1) is 22.3. The molecule has 8 heteroatoms. The van der Waals surface area contributed by atoms with E-state index in [1.165, 1.54) is 0 Å². The average molecular weight is 490 g/mol. The predicted molar refractivity (Wildman–Crippen MR) is 126 cm³/mol. The molecule has 1 saturated heterocycles. The average Bonchev–Trinajstić information content (AvgIpc) is 2.74. The number of hydrogen-bond acceptors (Lipinski definition) is 6. The zero-order chi connectivity index (χ0) is 22.0. The Morgan fingerprint density at radius 1 is 1.10 bits per heavy atom. The fourth-order valence-electron chi connectivity index (χ4n) is 4.52. The van der Waals surface area contributed by atoms with Crippen LogP contribution in [-0.2, 0) is 4.74 Å². The Morgan fingerprint density at radius 2 is 1.81 bits per heavy atom. The molecule has 1 aliphatic heterocycles. The Kier molecular flexibility index (Phi) is 6.67. The Bertz CT molecular complexity index is 916. The molecule has 1 aromatic heterocycles. The number of anilines is 1. The maximum Gasteiger partial charge on any atom is 0.410 e. The molecular weight excluding hydrogens is 458 g/mol. The first-order chi connectivity index (χ1) is 14.8. The minimum absolute atomic E-state index is 0.191. The molecule has 2 aromatic rings. The van der Waals surface area contributed by atoms with Crippen molar-refractivity contribution in [1.82, 2.24) is 19.8 Å². The number of halogens is 1. The molecule has 1 aliphatic carbocycles. The molecule has 7 nitrogen and oxygen atoms in total. The number of nitrogens with zero attached hydrogens (tertiary/aromatic N) is 4. The molecule has 0 unspecified atom stereocenters. The lowest BCUT2D eigenvalue weighted by atomic mass is 9.89. The standard InChI is InChI=1S/C23H32BrN5O2/c1-23(2,3)31-22(30)29-12-10-28(11-13-29)18-7-5-17(6-8-18)27-21-19-14-16(24)4-9-20(19)25-15-26-21/h4,9,14-15,17-18H,5-8,10-13H2,1-3H3,(H,25,26,27). The molecule has 0 radical (unpaired) electrons. The van der Waals surface area contributed by atoms with Crippen LogP contribution in [0, 0.1) is 0 Å². The molecule has 2 heterocycles.